The van der Waals surface area contributed by atoms with Gasteiger partial charge in [0.25, 0.3) is 0 Å². The smallest absolute Gasteiger partial charge is 0.0271 e. The van der Waals surface area contributed by atoms with Crippen LogP contribution in [0.3, 0.4) is 0 Å². The summed E-state index contributed by atoms with van der Waals surface area (Å²) in [6.45, 7) is 10.6. The van der Waals surface area contributed by atoms with Crippen molar-refractivity contribution in [3.05, 3.63) is 65.5 Å². The molecule has 0 aliphatic carbocycles. The SMILES string of the molecule is Cc1ccccc1CN(Cc1ccncc1)CC1CCN(C2CCN(C)CC2)CC1. The van der Waals surface area contributed by atoms with E-state index < -0.39 is 0 Å². The van der Waals surface area contributed by atoms with Crippen LogP contribution in [0.4, 0.5) is 0 Å². The molecule has 1 aromatic carbocycles. The van der Waals surface area contributed by atoms with Crippen LogP contribution in [0, 0.1) is 12.8 Å². The van der Waals surface area contributed by atoms with Crippen LogP contribution in [0.15, 0.2) is 48.8 Å². The number of hydrogen-bond donors (Lipinski definition) is 0. The van der Waals surface area contributed by atoms with E-state index in [2.05, 4.69) is 70.1 Å². The van der Waals surface area contributed by atoms with Gasteiger partial charge in [0.05, 0.1) is 0 Å². The highest BCUT2D eigenvalue weighted by molar-refractivity contribution is 5.25. The summed E-state index contributed by atoms with van der Waals surface area (Å²) in [6, 6.07) is 14.0. The van der Waals surface area contributed by atoms with Crippen molar-refractivity contribution in [2.75, 3.05) is 39.8 Å². The van der Waals surface area contributed by atoms with E-state index in [0.717, 1.165) is 25.0 Å². The molecule has 162 valence electrons. The van der Waals surface area contributed by atoms with E-state index in [9.17, 15) is 0 Å². The number of benzene rings is 1. The Morgan fingerprint density at radius 2 is 1.60 bits per heavy atom. The van der Waals surface area contributed by atoms with Crippen molar-refractivity contribution < 1.29 is 0 Å². The van der Waals surface area contributed by atoms with E-state index in [1.54, 1.807) is 0 Å². The molecule has 2 fully saturated rings. The molecule has 0 unspecified atom stereocenters. The van der Waals surface area contributed by atoms with Crippen molar-refractivity contribution in [2.24, 2.45) is 5.92 Å². The van der Waals surface area contributed by atoms with Gasteiger partial charge in [-0.1, -0.05) is 24.3 Å². The van der Waals surface area contributed by atoms with Crippen molar-refractivity contribution in [2.45, 2.75) is 51.7 Å². The molecule has 0 radical (unpaired) electrons. The highest BCUT2D eigenvalue weighted by Gasteiger charge is 2.28. The lowest BCUT2D eigenvalue weighted by Crippen LogP contribution is -2.47. The van der Waals surface area contributed by atoms with Gasteiger partial charge in [0.15, 0.2) is 0 Å². The van der Waals surface area contributed by atoms with Crippen LogP contribution in [-0.2, 0) is 13.1 Å². The Morgan fingerprint density at radius 1 is 0.900 bits per heavy atom. The number of nitrogens with zero attached hydrogens (tertiary/aromatic N) is 4. The molecule has 3 heterocycles. The second-order valence-electron chi connectivity index (χ2n) is 9.47. The zero-order valence-electron chi connectivity index (χ0n) is 18.8. The third kappa shape index (κ3) is 5.90. The summed E-state index contributed by atoms with van der Waals surface area (Å²) in [4.78, 5) is 12.1. The molecule has 0 N–H and O–H groups in total. The van der Waals surface area contributed by atoms with Crippen LogP contribution in [0.5, 0.6) is 0 Å². The molecule has 0 spiro atoms. The maximum Gasteiger partial charge on any atom is 0.0271 e. The lowest BCUT2D eigenvalue weighted by Gasteiger charge is -2.42. The predicted molar refractivity (Wildman–Crippen MR) is 124 cm³/mol. The van der Waals surface area contributed by atoms with Gasteiger partial charge in [0.2, 0.25) is 0 Å². The van der Waals surface area contributed by atoms with Gasteiger partial charge in [-0.05, 0) is 101 Å². The molecule has 4 nitrogen and oxygen atoms in total. The van der Waals surface area contributed by atoms with Gasteiger partial charge in [-0.15, -0.1) is 0 Å². The van der Waals surface area contributed by atoms with Crippen LogP contribution >= 0.6 is 0 Å². The van der Waals surface area contributed by atoms with Crippen molar-refractivity contribution in [3.63, 3.8) is 0 Å². The second kappa shape index (κ2) is 10.5. The summed E-state index contributed by atoms with van der Waals surface area (Å²) < 4.78 is 0. The van der Waals surface area contributed by atoms with Crippen molar-refractivity contribution >= 4 is 0 Å². The monoisotopic (exact) mass is 406 g/mol. The first-order valence-electron chi connectivity index (χ1n) is 11.8. The Morgan fingerprint density at radius 3 is 2.30 bits per heavy atom. The van der Waals surface area contributed by atoms with E-state index in [1.165, 1.54) is 75.1 Å². The standard InChI is InChI=1S/C26H38N4/c1-22-5-3-4-6-25(22)21-29(19-23-7-13-27-14-8-23)20-24-9-17-30(18-10-24)26-11-15-28(2)16-12-26/h3-8,13-14,24,26H,9-12,15-21H2,1-2H3. The lowest BCUT2D eigenvalue weighted by atomic mass is 9.92. The molecule has 30 heavy (non-hydrogen) atoms. The topological polar surface area (TPSA) is 22.6 Å². The van der Waals surface area contributed by atoms with Crippen LogP contribution in [-0.4, -0.2) is 65.5 Å². The number of aryl methyl sites for hydroxylation is 1. The fourth-order valence-electron chi connectivity index (χ4n) is 5.19. The highest BCUT2D eigenvalue weighted by Crippen LogP contribution is 2.25. The normalized spacial score (nSPS) is 20.1. The fraction of sp³-hybridized carbons (Fsp3) is 0.577. The number of hydrogen-bond acceptors (Lipinski definition) is 4. The molecular weight excluding hydrogens is 368 g/mol. The Bertz CT molecular complexity index is 762. The molecule has 2 aliphatic heterocycles. The molecule has 2 aromatic rings. The van der Waals surface area contributed by atoms with E-state index in [-0.39, 0.29) is 0 Å². The van der Waals surface area contributed by atoms with Crippen molar-refractivity contribution in [1.82, 2.24) is 19.7 Å². The van der Waals surface area contributed by atoms with E-state index >= 15 is 0 Å². The Kier molecular flexibility index (Phi) is 7.53. The average Bonchev–Trinajstić information content (AvgIpc) is 2.77. The molecule has 1 aromatic heterocycles. The summed E-state index contributed by atoms with van der Waals surface area (Å²) in [5, 5.41) is 0. The van der Waals surface area contributed by atoms with E-state index in [4.69, 9.17) is 0 Å². The van der Waals surface area contributed by atoms with Gasteiger partial charge in [0.1, 0.15) is 0 Å². The summed E-state index contributed by atoms with van der Waals surface area (Å²) in [6.07, 6.45) is 9.22. The third-order valence-electron chi connectivity index (χ3n) is 7.18. The maximum atomic E-state index is 4.20. The predicted octanol–water partition coefficient (Wildman–Crippen LogP) is 4.20. The lowest BCUT2D eigenvalue weighted by molar-refractivity contribution is 0.0728. The van der Waals surface area contributed by atoms with Gasteiger partial charge in [0, 0.05) is 38.1 Å². The number of rotatable bonds is 7. The first-order chi connectivity index (χ1) is 14.7. The Labute approximate surface area is 182 Å². The molecule has 0 amide bonds. The first-order valence-corrected chi connectivity index (χ1v) is 11.8. The van der Waals surface area contributed by atoms with E-state index in [1.807, 2.05) is 12.4 Å². The molecular formula is C26H38N4. The zero-order valence-corrected chi connectivity index (χ0v) is 18.8. The van der Waals surface area contributed by atoms with Crippen LogP contribution in [0.25, 0.3) is 0 Å². The molecule has 0 atom stereocenters. The molecule has 4 rings (SSSR count). The Hall–Kier alpha value is -1.75. The largest absolute Gasteiger partial charge is 0.306 e. The number of aromatic nitrogens is 1. The van der Waals surface area contributed by atoms with Crippen molar-refractivity contribution in [3.8, 4) is 0 Å². The average molecular weight is 407 g/mol. The second-order valence-corrected chi connectivity index (χ2v) is 9.47. The molecule has 4 heteroatoms. The summed E-state index contributed by atoms with van der Waals surface area (Å²) >= 11 is 0. The van der Waals surface area contributed by atoms with Crippen LogP contribution in [0.2, 0.25) is 0 Å². The van der Waals surface area contributed by atoms with Crippen molar-refractivity contribution in [1.29, 1.82) is 0 Å². The van der Waals surface area contributed by atoms with Gasteiger partial charge in [-0.25, -0.2) is 0 Å². The highest BCUT2D eigenvalue weighted by atomic mass is 15.2. The molecule has 2 saturated heterocycles. The van der Waals surface area contributed by atoms with Crippen LogP contribution < -0.4 is 0 Å². The number of pyridine rings is 1. The van der Waals surface area contributed by atoms with Gasteiger partial charge in [-0.3, -0.25) is 9.88 Å². The van der Waals surface area contributed by atoms with E-state index in [0.29, 0.717) is 0 Å². The first kappa shape index (κ1) is 21.5. The molecule has 2 aliphatic rings. The van der Waals surface area contributed by atoms with Crippen LogP contribution in [0.1, 0.15) is 42.4 Å². The molecule has 0 bridgehead atoms. The minimum Gasteiger partial charge on any atom is -0.306 e. The number of likely N-dealkylation sites (tertiary alicyclic amines) is 2. The minimum absolute atomic E-state index is 0.804. The quantitative estimate of drug-likeness (QED) is 0.687. The molecule has 0 saturated carbocycles. The van der Waals surface area contributed by atoms with Gasteiger partial charge < -0.3 is 9.80 Å². The zero-order chi connectivity index (χ0) is 20.8. The van der Waals surface area contributed by atoms with Gasteiger partial charge in [-0.2, -0.15) is 0 Å². The van der Waals surface area contributed by atoms with Gasteiger partial charge >= 0.3 is 0 Å². The Balaban J connectivity index is 1.35. The maximum absolute atomic E-state index is 4.20. The summed E-state index contributed by atoms with van der Waals surface area (Å²) in [7, 11) is 2.26. The third-order valence-corrected chi connectivity index (χ3v) is 7.18. The minimum atomic E-state index is 0.804. The summed E-state index contributed by atoms with van der Waals surface area (Å²) in [5.41, 5.74) is 4.21. The number of piperidine rings is 2. The summed E-state index contributed by atoms with van der Waals surface area (Å²) in [5.74, 6) is 0.804. The fourth-order valence-corrected chi connectivity index (χ4v) is 5.19.